The number of nitrogens with zero attached hydrogens (tertiary/aromatic N) is 2. The van der Waals surface area contributed by atoms with Crippen LogP contribution in [-0.2, 0) is 4.74 Å². The third-order valence-corrected chi connectivity index (χ3v) is 21.6. The van der Waals surface area contributed by atoms with Crippen molar-refractivity contribution in [2.45, 2.75) is 247 Å². The average Bonchev–Trinajstić information content (AvgIpc) is 4.01. The monoisotopic (exact) mass is 848 g/mol. The molecule has 3 saturated heterocycles. The van der Waals surface area contributed by atoms with Crippen LogP contribution in [0.25, 0.3) is 0 Å². The highest BCUT2D eigenvalue weighted by Crippen LogP contribution is 2.58. The Morgan fingerprint density at radius 2 is 1.26 bits per heavy atom. The Labute approximate surface area is 378 Å². The molecule has 3 heterocycles. The summed E-state index contributed by atoms with van der Waals surface area (Å²) in [5.41, 5.74) is 7.50. The van der Waals surface area contributed by atoms with E-state index >= 15 is 0 Å². The molecule has 6 nitrogen and oxygen atoms in total. The molecule has 9 fully saturated rings. The van der Waals surface area contributed by atoms with E-state index in [0.717, 1.165) is 59.3 Å². The van der Waals surface area contributed by atoms with Gasteiger partial charge in [0.15, 0.2) is 0 Å². The lowest BCUT2D eigenvalue weighted by Gasteiger charge is -2.46. The maximum Gasteiger partial charge on any atom is 0.116 e. The van der Waals surface area contributed by atoms with Crippen molar-refractivity contribution < 1.29 is 4.74 Å². The van der Waals surface area contributed by atoms with Crippen molar-refractivity contribution in [1.82, 2.24) is 20.4 Å². The van der Waals surface area contributed by atoms with Gasteiger partial charge in [-0.15, -0.1) is 0 Å². The van der Waals surface area contributed by atoms with Gasteiger partial charge in [0.25, 0.3) is 0 Å². The molecule has 12 aliphatic rings. The number of nitrogens with two attached hydrogens (primary N) is 1. The summed E-state index contributed by atoms with van der Waals surface area (Å²) < 4.78 is 7.90. The third kappa shape index (κ3) is 7.84. The number of hydrogen-bond donors (Lipinski definition) is 3. The summed E-state index contributed by atoms with van der Waals surface area (Å²) in [5.74, 6) is 8.94. The summed E-state index contributed by atoms with van der Waals surface area (Å²) in [5, 5.41) is 8.86. The maximum absolute atomic E-state index is 7.90. The van der Waals surface area contributed by atoms with Gasteiger partial charge in [-0.1, -0.05) is 101 Å². The minimum Gasteiger partial charge on any atom is -0.371 e. The lowest BCUT2D eigenvalue weighted by Crippen LogP contribution is -2.67. The van der Waals surface area contributed by atoms with E-state index in [-0.39, 0.29) is 12.5 Å². The highest BCUT2D eigenvalue weighted by atomic mass is 16.5. The predicted octanol–water partition coefficient (Wildman–Crippen LogP) is 11.2. The van der Waals surface area contributed by atoms with Crippen molar-refractivity contribution in [3.8, 4) is 0 Å². The van der Waals surface area contributed by atoms with Gasteiger partial charge in [-0.05, 0) is 187 Å². The molecule has 0 aromatic heterocycles. The Balaban J connectivity index is 0.805. The number of hydrogen-bond acceptors (Lipinski definition) is 6. The number of allylic oxidation sites excluding steroid dienone is 4. The van der Waals surface area contributed by atoms with Gasteiger partial charge in [-0.3, -0.25) is 20.4 Å². The molecule has 6 heteroatoms. The molecular weight excluding hydrogens is 759 g/mol. The fourth-order valence-corrected chi connectivity index (χ4v) is 18.9. The van der Waals surface area contributed by atoms with Crippen LogP contribution in [-0.4, -0.2) is 70.7 Å². The molecular formula is C56H89N5O. The number of fused-ring (bicyclic) bond motifs is 10. The summed E-state index contributed by atoms with van der Waals surface area (Å²) in [6.07, 6.45) is 57.0. The van der Waals surface area contributed by atoms with Gasteiger partial charge in [0.05, 0.1) is 18.4 Å². The van der Waals surface area contributed by atoms with E-state index in [0.29, 0.717) is 54.3 Å². The second-order valence-corrected chi connectivity index (χ2v) is 24.3. The molecule has 344 valence electrons. The summed E-state index contributed by atoms with van der Waals surface area (Å²) >= 11 is 0. The number of rotatable bonds is 9. The molecule has 62 heavy (non-hydrogen) atoms. The highest BCUT2D eigenvalue weighted by Gasteiger charge is 2.62. The molecule has 4 N–H and O–H groups in total. The molecule has 0 aromatic carbocycles. The zero-order valence-corrected chi connectivity index (χ0v) is 39.0. The zero-order valence-electron chi connectivity index (χ0n) is 39.0. The van der Waals surface area contributed by atoms with Gasteiger partial charge in [-0.2, -0.15) is 0 Å². The summed E-state index contributed by atoms with van der Waals surface area (Å²) in [6, 6.07) is 3.59. The Morgan fingerprint density at radius 1 is 0.532 bits per heavy atom. The minimum absolute atomic E-state index is 0.0487. The van der Waals surface area contributed by atoms with Crippen molar-refractivity contribution in [2.75, 3.05) is 0 Å². The lowest BCUT2D eigenvalue weighted by atomic mass is 9.65. The fraction of sp³-hybridized carbons (Fsp3) is 0.893. The van der Waals surface area contributed by atoms with Crippen molar-refractivity contribution in [2.24, 2.45) is 70.8 Å². The lowest BCUT2D eigenvalue weighted by molar-refractivity contribution is -0.0727. The van der Waals surface area contributed by atoms with Crippen LogP contribution in [0.4, 0.5) is 0 Å². The van der Waals surface area contributed by atoms with E-state index < -0.39 is 0 Å². The molecule has 0 amide bonds. The second-order valence-electron chi connectivity index (χ2n) is 24.3. The van der Waals surface area contributed by atoms with Crippen molar-refractivity contribution in [1.29, 1.82) is 0 Å². The summed E-state index contributed by atoms with van der Waals surface area (Å²) in [7, 11) is 0. The van der Waals surface area contributed by atoms with Crippen LogP contribution in [0, 0.1) is 65.1 Å². The Morgan fingerprint density at radius 3 is 2.10 bits per heavy atom. The molecule has 12 rings (SSSR count). The van der Waals surface area contributed by atoms with Crippen LogP contribution >= 0.6 is 0 Å². The largest absolute Gasteiger partial charge is 0.371 e. The van der Waals surface area contributed by atoms with E-state index in [9.17, 15) is 0 Å². The van der Waals surface area contributed by atoms with E-state index in [4.69, 9.17) is 10.5 Å². The quantitative estimate of drug-likeness (QED) is 0.159. The van der Waals surface area contributed by atoms with Crippen molar-refractivity contribution >= 4 is 0 Å². The van der Waals surface area contributed by atoms with Gasteiger partial charge in [-0.25, -0.2) is 0 Å². The molecule has 0 radical (unpaired) electrons. The molecule has 9 aliphatic carbocycles. The standard InChI is InChI=1S/C56H89N5O/c57-55(39-31-29-38(30-32-39)36-15-3-1-4-16-36)59-56(61-50-27-11-7-21-42(50)43-22-8-12-28-51(43)61)58-48-25-14-24-46-47-34-33-45-44-23-9-10-26-49(44)60(52(45)54(47)62-53(46)48)41-20-13-19-40(35-41)37-17-5-2-6-18-37/h5,11,13,17,20,27,36-56,58-59H,1-4,6-10,12,14-16,18-19,21-26,28-35,57H2. The van der Waals surface area contributed by atoms with E-state index in [1.54, 1.807) is 0 Å². The van der Waals surface area contributed by atoms with E-state index in [1.165, 1.54) is 186 Å². The van der Waals surface area contributed by atoms with Crippen LogP contribution in [0.15, 0.2) is 36.5 Å². The van der Waals surface area contributed by atoms with E-state index in [1.807, 2.05) is 0 Å². The average molecular weight is 848 g/mol. The Kier molecular flexibility index (Phi) is 12.7. The number of likely N-dealkylation sites (tertiary alicyclic amines) is 2. The number of nitrogens with one attached hydrogen (secondary N) is 2. The maximum atomic E-state index is 7.90. The van der Waals surface area contributed by atoms with Crippen molar-refractivity contribution in [3.63, 3.8) is 0 Å². The van der Waals surface area contributed by atoms with Crippen LogP contribution in [0.1, 0.15) is 186 Å². The summed E-state index contributed by atoms with van der Waals surface area (Å²) in [6.45, 7) is 0. The topological polar surface area (TPSA) is 65.8 Å². The first kappa shape index (κ1) is 42.3. The van der Waals surface area contributed by atoms with Gasteiger partial charge in [0.2, 0.25) is 0 Å². The number of ether oxygens (including phenoxy) is 1. The molecule has 18 unspecified atom stereocenters. The van der Waals surface area contributed by atoms with Gasteiger partial charge in [0, 0.05) is 36.3 Å². The first-order valence-corrected chi connectivity index (χ1v) is 28.2. The molecule has 0 spiro atoms. The second kappa shape index (κ2) is 18.6. The van der Waals surface area contributed by atoms with Crippen LogP contribution < -0.4 is 16.4 Å². The van der Waals surface area contributed by atoms with Gasteiger partial charge >= 0.3 is 0 Å². The normalized spacial score (nSPS) is 49.3. The van der Waals surface area contributed by atoms with Crippen LogP contribution in [0.2, 0.25) is 0 Å². The first-order valence-electron chi connectivity index (χ1n) is 28.2. The van der Waals surface area contributed by atoms with E-state index in [2.05, 4.69) is 56.9 Å². The minimum atomic E-state index is 0.0487. The zero-order chi connectivity index (χ0) is 41.1. The molecule has 18 atom stereocenters. The Bertz CT molecular complexity index is 1600. The predicted molar refractivity (Wildman–Crippen MR) is 253 cm³/mol. The highest BCUT2D eigenvalue weighted by molar-refractivity contribution is 5.18. The molecule has 0 bridgehead atoms. The van der Waals surface area contributed by atoms with Gasteiger partial charge < -0.3 is 10.5 Å². The molecule has 3 aliphatic heterocycles. The molecule has 0 aromatic rings. The third-order valence-electron chi connectivity index (χ3n) is 21.6. The fourth-order valence-electron chi connectivity index (χ4n) is 18.9. The van der Waals surface area contributed by atoms with Gasteiger partial charge in [0.1, 0.15) is 6.29 Å². The Hall–Kier alpha value is -1.02. The van der Waals surface area contributed by atoms with Crippen LogP contribution in [0.3, 0.4) is 0 Å². The summed E-state index contributed by atoms with van der Waals surface area (Å²) in [4.78, 5) is 6.21. The van der Waals surface area contributed by atoms with Crippen LogP contribution in [0.5, 0.6) is 0 Å². The van der Waals surface area contributed by atoms with Crippen molar-refractivity contribution in [3.05, 3.63) is 36.5 Å². The first-order chi connectivity index (χ1) is 30.7. The smallest absolute Gasteiger partial charge is 0.116 e. The molecule has 6 saturated carbocycles. The SMILES string of the molecule is NC(NC(NC1CCCC2C3CCC4C5CCCCC5N(C5C=CCC(C6C=CCCC6)C5)C4C3OC12)N1C2C=CCCC2C2CCCCC21)C1CCC(C2CCCCC2)CC1.